The molecule has 0 spiro atoms. The third-order valence-electron chi connectivity index (χ3n) is 11.7. The summed E-state index contributed by atoms with van der Waals surface area (Å²) in [5.74, 6) is -0.694. The molecule has 3 heterocycles. The Balaban J connectivity index is 1.23. The Kier molecular flexibility index (Phi) is 12.8. The number of allylic oxidation sites excluding steroid dienone is 1. The minimum atomic E-state index is -2.10. The van der Waals surface area contributed by atoms with Gasteiger partial charge in [-0.05, 0) is 56.8 Å². The van der Waals surface area contributed by atoms with Crippen molar-refractivity contribution < 1.29 is 60.3 Å². The smallest absolute Gasteiger partial charge is 0.195 e. The second-order valence-electron chi connectivity index (χ2n) is 14.8. The highest BCUT2D eigenvalue weighted by molar-refractivity contribution is 5.81. The first-order valence-corrected chi connectivity index (χ1v) is 17.8. The van der Waals surface area contributed by atoms with Crippen molar-refractivity contribution in [3.05, 3.63) is 18.2 Å². The molecule has 2 aliphatic carbocycles. The summed E-state index contributed by atoms with van der Waals surface area (Å²) in [7, 11) is 2.04. The lowest BCUT2D eigenvalue weighted by atomic mass is 9.69. The van der Waals surface area contributed by atoms with Gasteiger partial charge in [0.15, 0.2) is 30.8 Å². The van der Waals surface area contributed by atoms with Crippen molar-refractivity contribution in [3.63, 3.8) is 0 Å². The van der Waals surface area contributed by atoms with Gasteiger partial charge in [0.1, 0.15) is 37.0 Å². The van der Waals surface area contributed by atoms with Crippen LogP contribution in [-0.2, 0) is 14.3 Å². The van der Waals surface area contributed by atoms with Gasteiger partial charge in [-0.2, -0.15) is 0 Å². The van der Waals surface area contributed by atoms with Crippen molar-refractivity contribution in [2.24, 2.45) is 34.6 Å². The summed E-state index contributed by atoms with van der Waals surface area (Å²) in [6, 6.07) is 0. The average Bonchev–Trinajstić information content (AvgIpc) is 3.57. The molecule has 0 amide bonds. The molecule has 10 N–H and O–H groups in total. The molecule has 13 nitrogen and oxygen atoms in total. The number of carboxylic acids is 1. The summed E-state index contributed by atoms with van der Waals surface area (Å²) >= 11 is 0. The van der Waals surface area contributed by atoms with Crippen molar-refractivity contribution in [1.82, 2.24) is 0 Å². The van der Waals surface area contributed by atoms with Crippen molar-refractivity contribution in [2.75, 3.05) is 33.3 Å². The maximum absolute atomic E-state index is 11.9. The van der Waals surface area contributed by atoms with E-state index in [1.165, 1.54) is 0 Å². The Hall–Kier alpha value is -1.65. The summed E-state index contributed by atoms with van der Waals surface area (Å²) in [4.78, 5) is 16.1. The van der Waals surface area contributed by atoms with Crippen LogP contribution in [0, 0.1) is 36.1 Å². The fourth-order valence-electron chi connectivity index (χ4n) is 8.63. The SMILES string of the molecule is C[NH2+]CC[C@H](C)[C@H](C[NH2+]C[C@@]1(O)[C@H](OC2CCC3C(C2)[OH+]CC(C2CCC(O)CC2)C3O)O[C@H](C(=O)[O-])[C@@H](O)[C@@H]1O)CC1=C[CH+]N=C1. The van der Waals surface area contributed by atoms with Gasteiger partial charge in [0.25, 0.3) is 0 Å². The zero-order chi connectivity index (χ0) is 33.7. The largest absolute Gasteiger partial charge is 0.547 e. The van der Waals surface area contributed by atoms with Crippen LogP contribution in [0.4, 0.5) is 0 Å². The van der Waals surface area contributed by atoms with E-state index < -0.39 is 48.4 Å². The van der Waals surface area contributed by atoms with Crippen LogP contribution in [0.2, 0.25) is 0 Å². The summed E-state index contributed by atoms with van der Waals surface area (Å²) < 4.78 is 16.9. The summed E-state index contributed by atoms with van der Waals surface area (Å²) in [5, 5.41) is 70.9. The number of carbonyl (C=O) groups is 1. The normalized spacial score (nSPS) is 41.9. The van der Waals surface area contributed by atoms with Crippen LogP contribution in [0.25, 0.3) is 0 Å². The maximum Gasteiger partial charge on any atom is 0.195 e. The number of ether oxygens (including phenoxy) is 3. The molecule has 2 saturated carbocycles. The summed E-state index contributed by atoms with van der Waals surface area (Å²) in [5.41, 5.74) is -0.976. The number of aliphatic imine (C=N–C) groups is 1. The molecular formula is C34H58N3O10+3. The van der Waals surface area contributed by atoms with E-state index in [2.05, 4.69) is 17.2 Å². The van der Waals surface area contributed by atoms with Crippen LogP contribution in [-0.4, -0.2) is 130 Å². The third-order valence-corrected chi connectivity index (χ3v) is 11.7. The van der Waals surface area contributed by atoms with E-state index in [0.717, 1.165) is 50.6 Å². The van der Waals surface area contributed by atoms with Gasteiger partial charge in [0, 0.05) is 18.8 Å². The number of carboxylic acid groups (broad SMARTS) is 1. The quantitative estimate of drug-likeness (QED) is 0.0721. The van der Waals surface area contributed by atoms with E-state index in [-0.39, 0.29) is 36.5 Å². The molecule has 4 fully saturated rings. The number of carbonyl (C=O) groups excluding carboxylic acids is 1. The number of aliphatic hydroxyl groups excluding tert-OH is 4. The second-order valence-corrected chi connectivity index (χ2v) is 14.8. The van der Waals surface area contributed by atoms with Gasteiger partial charge in [-0.1, -0.05) is 6.92 Å². The van der Waals surface area contributed by atoms with Gasteiger partial charge in [0.2, 0.25) is 0 Å². The van der Waals surface area contributed by atoms with E-state index >= 15 is 0 Å². The van der Waals surface area contributed by atoms with Crippen LogP contribution in [0.15, 0.2) is 16.6 Å². The van der Waals surface area contributed by atoms with Crippen LogP contribution in [0.1, 0.15) is 64.7 Å². The van der Waals surface area contributed by atoms with Gasteiger partial charge >= 0.3 is 0 Å². The first-order valence-electron chi connectivity index (χ1n) is 17.8. The molecule has 3 aliphatic heterocycles. The fraction of sp³-hybridized carbons (Fsp3) is 0.853. The molecule has 0 aromatic heterocycles. The Morgan fingerprint density at radius 3 is 2.62 bits per heavy atom. The van der Waals surface area contributed by atoms with Crippen molar-refractivity contribution >= 4 is 12.2 Å². The second kappa shape index (κ2) is 16.4. The molecule has 2 saturated heterocycles. The number of hydrogen-bond acceptors (Lipinski definition) is 10. The molecule has 0 radical (unpaired) electrons. The first kappa shape index (κ1) is 36.6. The maximum atomic E-state index is 11.9. The predicted octanol–water partition coefficient (Wildman–Crippen LogP) is -3.50. The predicted molar refractivity (Wildman–Crippen MR) is 168 cm³/mol. The van der Waals surface area contributed by atoms with Gasteiger partial charge < -0.3 is 60.3 Å². The summed E-state index contributed by atoms with van der Waals surface area (Å²) in [6.45, 7) is 6.03. The molecule has 0 aromatic rings. The minimum absolute atomic E-state index is 0.0230. The molecule has 0 aromatic carbocycles. The molecule has 47 heavy (non-hydrogen) atoms. The standard InChI is InChI=1S/C34H55N3O10/c1-19(9-11-35-2)22(13-20-10-12-36-15-20)16-37-18-34(44)31(41)29(40)30(32(42)43)47-33(34)46-24-7-8-25-27(14-24)45-17-26(28(25)39)21-3-5-23(38)6-4-21/h10,12,15,19,21-31,33,35,37-41,44H,3-9,11,13-14,16-18H2,1-2H3/p+3/t19-,21?,22-,23?,24?,25?,26?,27?,28?,29+,30-,31-,33+,34-/m0/s1. The van der Waals surface area contributed by atoms with Crippen molar-refractivity contribution in [3.8, 4) is 0 Å². The molecular weight excluding hydrogens is 610 g/mol. The lowest BCUT2D eigenvalue weighted by Gasteiger charge is -2.49. The number of aliphatic hydroxyl groups is 7. The average molecular weight is 669 g/mol. The highest BCUT2D eigenvalue weighted by atomic mass is 16.7. The molecule has 5 aliphatic rings. The number of quaternary nitrogens is 2. The zero-order valence-electron chi connectivity index (χ0n) is 27.8. The van der Waals surface area contributed by atoms with Crippen molar-refractivity contribution in [2.45, 2.75) is 119 Å². The lowest BCUT2D eigenvalue weighted by Crippen LogP contribution is -2.93. The minimum Gasteiger partial charge on any atom is -0.547 e. The van der Waals surface area contributed by atoms with E-state index in [1.54, 1.807) is 6.54 Å². The number of hydrogen-bond donors (Lipinski definition) is 7. The number of nitrogens with zero attached hydrogens (tertiary/aromatic N) is 1. The van der Waals surface area contributed by atoms with Crippen molar-refractivity contribution in [1.29, 1.82) is 0 Å². The monoisotopic (exact) mass is 668 g/mol. The van der Waals surface area contributed by atoms with Crippen LogP contribution in [0.3, 0.4) is 0 Å². The van der Waals surface area contributed by atoms with Gasteiger partial charge in [-0.3, -0.25) is 0 Å². The van der Waals surface area contributed by atoms with E-state index in [1.807, 2.05) is 24.7 Å². The molecule has 5 rings (SSSR count). The molecule has 5 unspecified atom stereocenters. The molecule has 13 heteroatoms. The van der Waals surface area contributed by atoms with Gasteiger partial charge in [0.05, 0.1) is 62.3 Å². The molecule has 12 atom stereocenters. The topological polar surface area (TPSA) is 218 Å². The Labute approximate surface area is 277 Å². The fourth-order valence-corrected chi connectivity index (χ4v) is 8.63. The van der Waals surface area contributed by atoms with E-state index in [9.17, 15) is 35.4 Å². The lowest BCUT2D eigenvalue weighted by molar-refractivity contribution is -0.681. The van der Waals surface area contributed by atoms with E-state index in [4.69, 9.17) is 14.2 Å². The van der Waals surface area contributed by atoms with Crippen LogP contribution < -0.4 is 15.7 Å². The highest BCUT2D eigenvalue weighted by Gasteiger charge is 2.58. The van der Waals surface area contributed by atoms with Gasteiger partial charge in [-0.25, -0.2) is 0 Å². The Morgan fingerprint density at radius 1 is 1.17 bits per heavy atom. The third kappa shape index (κ3) is 8.57. The van der Waals surface area contributed by atoms with Crippen LogP contribution in [0.5, 0.6) is 0 Å². The first-order chi connectivity index (χ1) is 22.5. The zero-order valence-corrected chi connectivity index (χ0v) is 27.8. The number of aliphatic carboxylic acids is 1. The number of rotatable bonds is 14. The highest BCUT2D eigenvalue weighted by Crippen LogP contribution is 2.43. The van der Waals surface area contributed by atoms with Gasteiger partial charge in [-0.15, -0.1) is 4.99 Å². The van der Waals surface area contributed by atoms with E-state index in [0.29, 0.717) is 44.2 Å². The van der Waals surface area contributed by atoms with Crippen LogP contribution >= 0.6 is 0 Å². The molecule has 266 valence electrons. The Bertz CT molecular complexity index is 1090. The molecule has 0 bridgehead atoms. The number of nitrogens with two attached hydrogens (primary N) is 2. The number of fused-ring (bicyclic) bond motifs is 1. The Morgan fingerprint density at radius 2 is 1.94 bits per heavy atom. The summed E-state index contributed by atoms with van der Waals surface area (Å²) in [6.07, 6.45) is 2.10.